The molecule has 0 N–H and O–H groups in total. The third-order valence-electron chi connectivity index (χ3n) is 5.73. The van der Waals surface area contributed by atoms with Crippen molar-refractivity contribution < 1.29 is 4.74 Å². The van der Waals surface area contributed by atoms with Gasteiger partial charge in [0.15, 0.2) is 0 Å². The predicted octanol–water partition coefficient (Wildman–Crippen LogP) is 5.46. The van der Waals surface area contributed by atoms with Crippen LogP contribution in [0.5, 0.6) is 5.75 Å². The Morgan fingerprint density at radius 3 is 2.64 bits per heavy atom. The van der Waals surface area contributed by atoms with Crippen LogP contribution in [0.25, 0.3) is 10.9 Å². The highest BCUT2D eigenvalue weighted by Crippen LogP contribution is 2.30. The number of ether oxygens (including phenoxy) is 1. The monoisotopic (exact) mass is 375 g/mol. The summed E-state index contributed by atoms with van der Waals surface area (Å²) in [5, 5.41) is 1.13. The molecule has 2 aromatic carbocycles. The van der Waals surface area contributed by atoms with Crippen molar-refractivity contribution in [2.24, 2.45) is 0 Å². The highest BCUT2D eigenvalue weighted by atomic mass is 16.5. The average Bonchev–Trinajstić information content (AvgIpc) is 2.73. The van der Waals surface area contributed by atoms with Crippen molar-refractivity contribution in [3.8, 4) is 5.75 Å². The molecule has 0 radical (unpaired) electrons. The number of aromatic nitrogens is 2. The van der Waals surface area contributed by atoms with Crippen molar-refractivity contribution in [2.75, 3.05) is 18.1 Å². The summed E-state index contributed by atoms with van der Waals surface area (Å²) in [4.78, 5) is 11.6. The lowest BCUT2D eigenvalue weighted by Crippen LogP contribution is -2.40. The summed E-state index contributed by atoms with van der Waals surface area (Å²) in [6, 6.07) is 15.2. The first kappa shape index (κ1) is 18.7. The molecular formula is C24H29N3O. The largest absolute Gasteiger partial charge is 0.491 e. The molecule has 146 valence electrons. The molecule has 3 aromatic rings. The molecule has 1 saturated carbocycles. The first-order valence-electron chi connectivity index (χ1n) is 10.4. The van der Waals surface area contributed by atoms with E-state index in [4.69, 9.17) is 9.72 Å². The van der Waals surface area contributed by atoms with E-state index >= 15 is 0 Å². The minimum Gasteiger partial charge on any atom is -0.491 e. The summed E-state index contributed by atoms with van der Waals surface area (Å²) in [5.41, 5.74) is 3.46. The molecule has 0 spiro atoms. The van der Waals surface area contributed by atoms with E-state index in [2.05, 4.69) is 60.1 Å². The number of para-hydroxylation sites is 1. The van der Waals surface area contributed by atoms with E-state index in [0.717, 1.165) is 29.0 Å². The van der Waals surface area contributed by atoms with Crippen molar-refractivity contribution >= 4 is 16.7 Å². The summed E-state index contributed by atoms with van der Waals surface area (Å²) in [6.07, 6.45) is 8.07. The molecule has 0 bridgehead atoms. The smallest absolute Gasteiger partial charge is 0.140 e. The van der Waals surface area contributed by atoms with Crippen LogP contribution < -0.4 is 9.64 Å². The summed E-state index contributed by atoms with van der Waals surface area (Å²) in [5.74, 6) is 2.02. The van der Waals surface area contributed by atoms with Gasteiger partial charge in [-0.3, -0.25) is 0 Å². The van der Waals surface area contributed by atoms with Crippen LogP contribution in [0.15, 0.2) is 48.8 Å². The molecule has 4 rings (SSSR count). The van der Waals surface area contributed by atoms with E-state index in [1.165, 1.54) is 43.2 Å². The first-order chi connectivity index (χ1) is 13.7. The minimum absolute atomic E-state index is 0.523. The average molecular weight is 376 g/mol. The molecule has 0 aliphatic heterocycles. The molecule has 0 unspecified atom stereocenters. The van der Waals surface area contributed by atoms with Crippen molar-refractivity contribution in [1.82, 2.24) is 9.97 Å². The fourth-order valence-corrected chi connectivity index (χ4v) is 4.29. The maximum absolute atomic E-state index is 6.16. The van der Waals surface area contributed by atoms with E-state index in [1.54, 1.807) is 6.33 Å². The Labute approximate surface area is 167 Å². The van der Waals surface area contributed by atoms with Gasteiger partial charge in [0.1, 0.15) is 24.5 Å². The molecule has 1 aliphatic rings. The van der Waals surface area contributed by atoms with Gasteiger partial charge in [0.05, 0.1) is 12.1 Å². The summed E-state index contributed by atoms with van der Waals surface area (Å²) >= 11 is 0. The zero-order chi connectivity index (χ0) is 19.3. The summed E-state index contributed by atoms with van der Waals surface area (Å²) < 4.78 is 6.16. The number of aryl methyl sites for hydroxylation is 2. The summed E-state index contributed by atoms with van der Waals surface area (Å²) in [7, 11) is 0. The van der Waals surface area contributed by atoms with Crippen LogP contribution in [-0.4, -0.2) is 29.2 Å². The highest BCUT2D eigenvalue weighted by Gasteiger charge is 2.24. The van der Waals surface area contributed by atoms with E-state index in [0.29, 0.717) is 12.6 Å². The SMILES string of the molecule is Cc1ccc(OCCN(c2ncnc3ccccc23)C2CCCCC2)c(C)c1. The molecule has 1 aromatic heterocycles. The van der Waals surface area contributed by atoms with Gasteiger partial charge in [0, 0.05) is 11.4 Å². The molecule has 1 heterocycles. The number of nitrogens with zero attached hydrogens (tertiary/aromatic N) is 3. The topological polar surface area (TPSA) is 38.2 Å². The Bertz CT molecular complexity index is 929. The first-order valence-corrected chi connectivity index (χ1v) is 10.4. The van der Waals surface area contributed by atoms with Crippen molar-refractivity contribution in [3.05, 3.63) is 59.9 Å². The predicted molar refractivity (Wildman–Crippen MR) is 115 cm³/mol. The fraction of sp³-hybridized carbons (Fsp3) is 0.417. The van der Waals surface area contributed by atoms with Gasteiger partial charge in [-0.15, -0.1) is 0 Å². The lowest BCUT2D eigenvalue weighted by Gasteiger charge is -2.35. The number of anilines is 1. The van der Waals surface area contributed by atoms with Gasteiger partial charge in [0.2, 0.25) is 0 Å². The van der Waals surface area contributed by atoms with Crippen LogP contribution in [-0.2, 0) is 0 Å². The van der Waals surface area contributed by atoms with E-state index in [-0.39, 0.29) is 0 Å². The van der Waals surface area contributed by atoms with Gasteiger partial charge in [-0.05, 0) is 50.5 Å². The second-order valence-corrected chi connectivity index (χ2v) is 7.82. The van der Waals surface area contributed by atoms with Gasteiger partial charge >= 0.3 is 0 Å². The maximum atomic E-state index is 6.16. The molecule has 0 amide bonds. The molecular weight excluding hydrogens is 346 g/mol. The van der Waals surface area contributed by atoms with Gasteiger partial charge in [-0.1, -0.05) is 49.1 Å². The quantitative estimate of drug-likeness (QED) is 0.573. The van der Waals surface area contributed by atoms with Crippen LogP contribution in [0.2, 0.25) is 0 Å². The van der Waals surface area contributed by atoms with E-state index in [1.807, 2.05) is 6.07 Å². The van der Waals surface area contributed by atoms with Crippen LogP contribution >= 0.6 is 0 Å². The van der Waals surface area contributed by atoms with Crippen LogP contribution in [0, 0.1) is 13.8 Å². The molecule has 0 atom stereocenters. The number of benzene rings is 2. The van der Waals surface area contributed by atoms with Crippen LogP contribution in [0.3, 0.4) is 0 Å². The van der Waals surface area contributed by atoms with Crippen LogP contribution in [0.4, 0.5) is 5.82 Å². The standard InChI is InChI=1S/C24H29N3O/c1-18-12-13-23(19(2)16-18)28-15-14-27(20-8-4-3-5-9-20)24-21-10-6-7-11-22(21)25-17-26-24/h6-7,10-13,16-17,20H,3-5,8-9,14-15H2,1-2H3. The molecule has 1 fully saturated rings. The number of hydrogen-bond acceptors (Lipinski definition) is 4. The number of hydrogen-bond donors (Lipinski definition) is 0. The molecule has 1 aliphatic carbocycles. The van der Waals surface area contributed by atoms with Gasteiger partial charge in [-0.2, -0.15) is 0 Å². The Morgan fingerprint density at radius 1 is 1.00 bits per heavy atom. The Morgan fingerprint density at radius 2 is 1.82 bits per heavy atom. The van der Waals surface area contributed by atoms with E-state index in [9.17, 15) is 0 Å². The normalized spacial score (nSPS) is 14.9. The fourth-order valence-electron chi connectivity index (χ4n) is 4.29. The number of fused-ring (bicyclic) bond motifs is 1. The minimum atomic E-state index is 0.523. The Balaban J connectivity index is 1.57. The highest BCUT2D eigenvalue weighted by molar-refractivity contribution is 5.89. The molecule has 4 heteroatoms. The second-order valence-electron chi connectivity index (χ2n) is 7.82. The number of rotatable bonds is 6. The Hall–Kier alpha value is -2.62. The lowest BCUT2D eigenvalue weighted by atomic mass is 9.94. The van der Waals surface area contributed by atoms with Gasteiger partial charge < -0.3 is 9.64 Å². The molecule has 28 heavy (non-hydrogen) atoms. The third-order valence-corrected chi connectivity index (χ3v) is 5.73. The van der Waals surface area contributed by atoms with Crippen molar-refractivity contribution in [3.63, 3.8) is 0 Å². The Kier molecular flexibility index (Phi) is 5.75. The van der Waals surface area contributed by atoms with Crippen LogP contribution in [0.1, 0.15) is 43.2 Å². The third kappa shape index (κ3) is 4.11. The van der Waals surface area contributed by atoms with Crippen molar-refractivity contribution in [1.29, 1.82) is 0 Å². The summed E-state index contributed by atoms with van der Waals surface area (Å²) in [6.45, 7) is 5.71. The lowest BCUT2D eigenvalue weighted by molar-refractivity contribution is 0.307. The van der Waals surface area contributed by atoms with Gasteiger partial charge in [0.25, 0.3) is 0 Å². The van der Waals surface area contributed by atoms with Crippen molar-refractivity contribution in [2.45, 2.75) is 52.0 Å². The van der Waals surface area contributed by atoms with Gasteiger partial charge in [-0.25, -0.2) is 9.97 Å². The van der Waals surface area contributed by atoms with E-state index < -0.39 is 0 Å². The molecule has 0 saturated heterocycles. The zero-order valence-corrected chi connectivity index (χ0v) is 16.9. The maximum Gasteiger partial charge on any atom is 0.140 e. The zero-order valence-electron chi connectivity index (χ0n) is 16.9. The molecule has 4 nitrogen and oxygen atoms in total. The second kappa shape index (κ2) is 8.59.